The van der Waals surface area contributed by atoms with Gasteiger partial charge in [-0.15, -0.1) is 0 Å². The third kappa shape index (κ3) is 5.22. The lowest BCUT2D eigenvalue weighted by atomic mass is 10.0. The summed E-state index contributed by atoms with van der Waals surface area (Å²) < 4.78 is 42.9. The topological polar surface area (TPSA) is 52.6 Å². The second-order valence-electron chi connectivity index (χ2n) is 10.3. The predicted octanol–water partition coefficient (Wildman–Crippen LogP) is 6.65. The molecule has 6 aromatic carbocycles. The molecule has 0 bridgehead atoms. The van der Waals surface area contributed by atoms with E-state index in [-0.39, 0.29) is 0 Å². The number of hydrogen-bond acceptors (Lipinski definition) is 4. The van der Waals surface area contributed by atoms with Gasteiger partial charge in [0.15, 0.2) is 14.3 Å². The van der Waals surface area contributed by atoms with Gasteiger partial charge < -0.3 is 18.6 Å². The van der Waals surface area contributed by atoms with Gasteiger partial charge in [0.1, 0.15) is 11.5 Å². The molecule has 0 radical (unpaired) electrons. The third-order valence-corrected chi connectivity index (χ3v) is 14.1. The van der Waals surface area contributed by atoms with Gasteiger partial charge in [-0.05, 0) is 47.5 Å². The summed E-state index contributed by atoms with van der Waals surface area (Å²) in [7, 11) is -3.65. The van der Waals surface area contributed by atoms with Crippen molar-refractivity contribution >= 4 is 46.1 Å². The molecule has 218 valence electrons. The first kappa shape index (κ1) is 29.5. The highest BCUT2D eigenvalue weighted by Crippen LogP contribution is 2.49. The van der Waals surface area contributed by atoms with Crippen LogP contribution >= 0.6 is 14.3 Å². The highest BCUT2D eigenvalue weighted by molar-refractivity contribution is 7.86. The molecule has 0 unspecified atom stereocenters. The van der Waals surface area contributed by atoms with Gasteiger partial charge in [-0.3, -0.25) is 0 Å². The van der Waals surface area contributed by atoms with Crippen LogP contribution < -0.4 is 41.3 Å². The SMILES string of the molecule is COc1ccc(P(=O)(c2ccccc2)c2ccccc2)c(-c2cc(OC)ccc2P(=O)(c2ccccc2)c2ccccc2)c1. The summed E-state index contributed by atoms with van der Waals surface area (Å²) in [6.07, 6.45) is 0. The Hall–Kier alpha value is -4.62. The zero-order valence-electron chi connectivity index (χ0n) is 24.5. The van der Waals surface area contributed by atoms with Gasteiger partial charge in [0.05, 0.1) is 14.2 Å². The summed E-state index contributed by atoms with van der Waals surface area (Å²) in [5, 5.41) is 4.07. The first-order chi connectivity index (χ1) is 21.5. The molecule has 0 aliphatic rings. The summed E-state index contributed by atoms with van der Waals surface area (Å²) in [6.45, 7) is 0. The van der Waals surface area contributed by atoms with Crippen molar-refractivity contribution < 1.29 is 18.6 Å². The van der Waals surface area contributed by atoms with Crippen molar-refractivity contribution in [1.82, 2.24) is 0 Å². The molecule has 6 heteroatoms. The van der Waals surface area contributed by atoms with Crippen molar-refractivity contribution in [2.45, 2.75) is 0 Å². The molecule has 4 nitrogen and oxygen atoms in total. The van der Waals surface area contributed by atoms with Crippen molar-refractivity contribution in [3.63, 3.8) is 0 Å². The Balaban J connectivity index is 1.74. The number of ether oxygens (including phenoxy) is 2. The molecule has 0 spiro atoms. The third-order valence-electron chi connectivity index (χ3n) is 7.86. The van der Waals surface area contributed by atoms with Crippen LogP contribution in [0.25, 0.3) is 11.1 Å². The average Bonchev–Trinajstić information content (AvgIpc) is 3.12. The molecule has 0 heterocycles. The molecule has 6 rings (SSSR count). The standard InChI is InChI=1S/C38H32O4P2/c1-41-29-23-25-37(43(39,31-15-7-3-8-16-31)32-17-9-4-10-18-32)35(27-29)36-28-30(42-2)24-26-38(36)44(40,33-19-11-5-12-20-33)34-21-13-6-14-22-34/h3-28H,1-2H3. The number of hydrogen-bond donors (Lipinski definition) is 0. The van der Waals surface area contributed by atoms with E-state index in [9.17, 15) is 0 Å². The number of rotatable bonds is 9. The van der Waals surface area contributed by atoms with E-state index >= 15 is 9.13 Å². The van der Waals surface area contributed by atoms with E-state index in [1.807, 2.05) is 158 Å². The maximum Gasteiger partial charge on any atom is 0.171 e. The summed E-state index contributed by atoms with van der Waals surface area (Å²) >= 11 is 0. The van der Waals surface area contributed by atoms with Crippen LogP contribution in [0, 0.1) is 0 Å². The van der Waals surface area contributed by atoms with Crippen LogP contribution in [0.15, 0.2) is 158 Å². The molecule has 0 amide bonds. The fraction of sp³-hybridized carbons (Fsp3) is 0.0526. The van der Waals surface area contributed by atoms with Gasteiger partial charge in [-0.2, -0.15) is 0 Å². The quantitative estimate of drug-likeness (QED) is 0.171. The van der Waals surface area contributed by atoms with Crippen LogP contribution in [0.2, 0.25) is 0 Å². The normalized spacial score (nSPS) is 11.6. The Labute approximate surface area is 258 Å². The predicted molar refractivity (Wildman–Crippen MR) is 184 cm³/mol. The molecule has 0 saturated carbocycles. The van der Waals surface area contributed by atoms with Crippen LogP contribution in [-0.2, 0) is 9.13 Å². The minimum atomic E-state index is -3.44. The van der Waals surface area contributed by atoms with Gasteiger partial charge in [0.25, 0.3) is 0 Å². The molecule has 0 N–H and O–H groups in total. The number of methoxy groups -OCH3 is 2. The van der Waals surface area contributed by atoms with Crippen LogP contribution in [0.3, 0.4) is 0 Å². The number of benzene rings is 6. The summed E-state index contributed by atoms with van der Waals surface area (Å²) in [5.41, 5.74) is 1.34. The van der Waals surface area contributed by atoms with E-state index < -0.39 is 14.3 Å². The minimum Gasteiger partial charge on any atom is -0.497 e. The van der Waals surface area contributed by atoms with Gasteiger partial charge in [0.2, 0.25) is 0 Å². The molecule has 0 aliphatic heterocycles. The maximum absolute atomic E-state index is 15.7. The Bertz CT molecular complexity index is 1740. The van der Waals surface area contributed by atoms with Crippen molar-refractivity contribution in [1.29, 1.82) is 0 Å². The molecule has 0 saturated heterocycles. The van der Waals surface area contributed by atoms with Crippen molar-refractivity contribution in [3.8, 4) is 22.6 Å². The molecule has 0 aliphatic carbocycles. The van der Waals surface area contributed by atoms with E-state index in [2.05, 4.69) is 0 Å². The highest BCUT2D eigenvalue weighted by Gasteiger charge is 2.37. The van der Waals surface area contributed by atoms with Gasteiger partial charge >= 0.3 is 0 Å². The van der Waals surface area contributed by atoms with E-state index in [0.29, 0.717) is 54.5 Å². The fourth-order valence-corrected chi connectivity index (χ4v) is 11.4. The second-order valence-corrected chi connectivity index (χ2v) is 15.8. The largest absolute Gasteiger partial charge is 0.497 e. The zero-order valence-corrected chi connectivity index (χ0v) is 26.3. The summed E-state index contributed by atoms with van der Waals surface area (Å²) in [6, 6.07) is 49.4. The molecule has 0 atom stereocenters. The molecule has 44 heavy (non-hydrogen) atoms. The monoisotopic (exact) mass is 614 g/mol. The van der Waals surface area contributed by atoms with Crippen molar-refractivity contribution in [2.24, 2.45) is 0 Å². The van der Waals surface area contributed by atoms with Gasteiger partial charge in [0, 0.05) is 31.8 Å². The lowest BCUT2D eigenvalue weighted by molar-refractivity contribution is 0.414. The Morgan fingerprint density at radius 3 is 0.909 bits per heavy atom. The Morgan fingerprint density at radius 1 is 0.386 bits per heavy atom. The lowest BCUT2D eigenvalue weighted by Crippen LogP contribution is -2.29. The molecule has 6 aromatic rings. The van der Waals surface area contributed by atoms with Gasteiger partial charge in [-0.1, -0.05) is 121 Å². The van der Waals surface area contributed by atoms with Crippen LogP contribution in [0.4, 0.5) is 0 Å². The van der Waals surface area contributed by atoms with Crippen molar-refractivity contribution in [3.05, 3.63) is 158 Å². The first-order valence-corrected chi connectivity index (χ1v) is 17.7. The second kappa shape index (κ2) is 12.5. The zero-order chi connectivity index (χ0) is 30.6. The van der Waals surface area contributed by atoms with E-state index in [1.54, 1.807) is 14.2 Å². The van der Waals surface area contributed by atoms with Gasteiger partial charge in [-0.25, -0.2) is 0 Å². The van der Waals surface area contributed by atoms with E-state index in [1.165, 1.54) is 0 Å². The van der Waals surface area contributed by atoms with Crippen LogP contribution in [0.5, 0.6) is 11.5 Å². The van der Waals surface area contributed by atoms with E-state index in [4.69, 9.17) is 9.47 Å². The molecule has 0 fully saturated rings. The first-order valence-electron chi connectivity index (χ1n) is 14.3. The van der Waals surface area contributed by atoms with Crippen molar-refractivity contribution in [2.75, 3.05) is 14.2 Å². The minimum absolute atomic E-state index is 0.597. The molecule has 0 aromatic heterocycles. The Kier molecular flexibility index (Phi) is 8.40. The van der Waals surface area contributed by atoms with E-state index in [0.717, 1.165) is 0 Å². The fourth-order valence-electron chi connectivity index (χ4n) is 5.67. The summed E-state index contributed by atoms with van der Waals surface area (Å²) in [4.78, 5) is 0. The Morgan fingerprint density at radius 2 is 0.659 bits per heavy atom. The molecular weight excluding hydrogens is 582 g/mol. The maximum atomic E-state index is 15.7. The van der Waals surface area contributed by atoms with Crippen LogP contribution in [-0.4, -0.2) is 14.2 Å². The highest BCUT2D eigenvalue weighted by atomic mass is 31.2. The molecular formula is C38H32O4P2. The summed E-state index contributed by atoms with van der Waals surface area (Å²) in [5.74, 6) is 1.19. The van der Waals surface area contributed by atoms with Crippen LogP contribution in [0.1, 0.15) is 0 Å². The average molecular weight is 615 g/mol. The lowest BCUT2D eigenvalue weighted by Gasteiger charge is -2.27. The smallest absolute Gasteiger partial charge is 0.171 e.